The highest BCUT2D eigenvalue weighted by Crippen LogP contribution is 2.53. The van der Waals surface area contributed by atoms with E-state index in [1.807, 2.05) is 12.1 Å². The number of aliphatic hydroxyl groups excluding tert-OH is 2. The van der Waals surface area contributed by atoms with E-state index in [0.29, 0.717) is 11.5 Å². The van der Waals surface area contributed by atoms with Gasteiger partial charge in [0.25, 0.3) is 5.91 Å². The summed E-state index contributed by atoms with van der Waals surface area (Å²) in [5.74, 6) is -6.45. The van der Waals surface area contributed by atoms with Crippen molar-refractivity contribution < 1.29 is 44.3 Å². The van der Waals surface area contributed by atoms with Crippen molar-refractivity contribution in [2.75, 3.05) is 21.2 Å². The first kappa shape index (κ1) is 32.5. The molecule has 0 aliphatic heterocycles. The van der Waals surface area contributed by atoms with Crippen LogP contribution in [0, 0.1) is 23.7 Å². The summed E-state index contributed by atoms with van der Waals surface area (Å²) in [6.07, 6.45) is 4.67. The molecule has 11 heteroatoms. The number of nitrogens with two attached hydrogens (primary N) is 1. The molecule has 0 spiro atoms. The van der Waals surface area contributed by atoms with E-state index in [1.54, 1.807) is 20.2 Å². The highest BCUT2D eigenvalue weighted by molar-refractivity contribution is 6.24. The van der Waals surface area contributed by atoms with Crippen LogP contribution in [0.5, 0.6) is 5.75 Å². The topological polar surface area (TPSA) is 188 Å². The Bertz CT molecular complexity index is 1730. The number of fused-ring (bicyclic) bond motifs is 3. The molecule has 2 fully saturated rings. The smallest absolute Gasteiger partial charge is 0.308 e. The number of phenolic OH excluding ortho intramolecular Hbond substituents is 1. The van der Waals surface area contributed by atoms with E-state index in [2.05, 4.69) is 12.1 Å². The Morgan fingerprint density at radius 2 is 1.66 bits per heavy atom. The standard InChI is InChI=1S/C36H40N2O9/c1-38(2)29-24-16-21-15-23-22(19-8-4-17(5-9-19)14-18-6-10-20(11-7-18)35(45)47-3)12-13-25(39)27(23)30(40)26(21)32(42)36(24,46)33(43)28(31(29)41)34(37)44/h4-5,8-9,12-13,18,20-21,24,29,39-40,43,46H,6-7,10-11,14-16H2,1-3H3,(H2,37,44)/t18?,20?,21-,24-,29-,36-/m1/s1. The number of rotatable bonds is 6. The van der Waals surface area contributed by atoms with Crippen molar-refractivity contribution >= 4 is 29.2 Å². The van der Waals surface area contributed by atoms with Crippen molar-refractivity contribution in [1.82, 2.24) is 4.90 Å². The maximum absolute atomic E-state index is 14.1. The molecular formula is C36H40N2O9. The summed E-state index contributed by atoms with van der Waals surface area (Å²) < 4.78 is 4.91. The van der Waals surface area contributed by atoms with Crippen LogP contribution in [-0.2, 0) is 36.8 Å². The van der Waals surface area contributed by atoms with Gasteiger partial charge in [-0.1, -0.05) is 30.3 Å². The van der Waals surface area contributed by atoms with Gasteiger partial charge in [-0.25, -0.2) is 0 Å². The molecule has 1 amide bonds. The van der Waals surface area contributed by atoms with E-state index < -0.39 is 58.0 Å². The molecule has 6 rings (SSSR count). The summed E-state index contributed by atoms with van der Waals surface area (Å²) in [6.45, 7) is 0. The Morgan fingerprint density at radius 3 is 2.26 bits per heavy atom. The average molecular weight is 645 g/mol. The molecule has 0 aromatic heterocycles. The predicted molar refractivity (Wildman–Crippen MR) is 171 cm³/mol. The Kier molecular flexibility index (Phi) is 8.26. The second kappa shape index (κ2) is 12.0. The summed E-state index contributed by atoms with van der Waals surface area (Å²) in [6, 6.07) is 10.1. The van der Waals surface area contributed by atoms with E-state index in [4.69, 9.17) is 10.5 Å². The third-order valence-corrected chi connectivity index (χ3v) is 10.8. The number of methoxy groups -OCH3 is 1. The number of Topliss-reactive ketones (excluding diaryl/α,β-unsaturated/α-hetero) is 2. The molecule has 4 aliphatic carbocycles. The molecule has 0 radical (unpaired) electrons. The van der Waals surface area contributed by atoms with E-state index >= 15 is 0 Å². The zero-order chi connectivity index (χ0) is 33.9. The lowest BCUT2D eigenvalue weighted by Crippen LogP contribution is -2.65. The fourth-order valence-electron chi connectivity index (χ4n) is 8.44. The quantitative estimate of drug-likeness (QED) is 0.231. The SMILES string of the molecule is COC(=O)C1CCC(Cc2ccc(-c3ccc(O)c4c3C[C@@H]3C[C@@H]5[C@@H](N(C)C)C(=O)C(C(N)=O)=C(O)[C@]5(O)C(=O)C3=C4O)cc2)CC1. The summed E-state index contributed by atoms with van der Waals surface area (Å²) in [7, 11) is 4.57. The minimum Gasteiger partial charge on any atom is -0.508 e. The number of aromatic hydroxyl groups is 1. The Balaban J connectivity index is 1.34. The molecule has 4 atom stereocenters. The molecule has 248 valence electrons. The Hall–Kier alpha value is -4.48. The molecule has 4 aliphatic rings. The van der Waals surface area contributed by atoms with Gasteiger partial charge in [0.05, 0.1) is 24.6 Å². The van der Waals surface area contributed by atoms with E-state index in [9.17, 15) is 39.6 Å². The average Bonchev–Trinajstić information content (AvgIpc) is 3.03. The van der Waals surface area contributed by atoms with Gasteiger partial charge < -0.3 is 30.9 Å². The monoisotopic (exact) mass is 644 g/mol. The first-order chi connectivity index (χ1) is 22.3. The van der Waals surface area contributed by atoms with Gasteiger partial charge in [0.1, 0.15) is 22.8 Å². The zero-order valence-electron chi connectivity index (χ0n) is 26.7. The molecule has 11 nitrogen and oxygen atoms in total. The molecule has 0 saturated heterocycles. The number of carbonyl (C=O) groups is 4. The van der Waals surface area contributed by atoms with E-state index in [-0.39, 0.29) is 41.6 Å². The minimum absolute atomic E-state index is 0.0258. The molecule has 47 heavy (non-hydrogen) atoms. The minimum atomic E-state index is -2.67. The fourth-order valence-corrected chi connectivity index (χ4v) is 8.44. The molecule has 0 bridgehead atoms. The second-order valence-electron chi connectivity index (χ2n) is 13.6. The fraction of sp³-hybridized carbons (Fsp3) is 0.444. The van der Waals surface area contributed by atoms with Gasteiger partial charge >= 0.3 is 5.97 Å². The van der Waals surface area contributed by atoms with Gasteiger partial charge in [-0.3, -0.25) is 24.1 Å². The third kappa shape index (κ3) is 5.12. The van der Waals surface area contributed by atoms with Gasteiger partial charge in [0, 0.05) is 11.5 Å². The first-order valence-corrected chi connectivity index (χ1v) is 16.0. The van der Waals surface area contributed by atoms with Crippen molar-refractivity contribution in [3.63, 3.8) is 0 Å². The number of primary amides is 1. The summed E-state index contributed by atoms with van der Waals surface area (Å²) >= 11 is 0. The molecule has 6 N–H and O–H groups in total. The van der Waals surface area contributed by atoms with Crippen LogP contribution in [0.2, 0.25) is 0 Å². The van der Waals surface area contributed by atoms with Gasteiger partial charge in [-0.05, 0) is 99.2 Å². The molecular weight excluding hydrogens is 604 g/mol. The number of likely N-dealkylation sites (N-methyl/N-ethyl adjacent to an activating group) is 1. The van der Waals surface area contributed by atoms with E-state index in [0.717, 1.165) is 48.8 Å². The van der Waals surface area contributed by atoms with Crippen molar-refractivity contribution in [3.05, 3.63) is 70.0 Å². The van der Waals surface area contributed by atoms with Gasteiger partial charge in [-0.15, -0.1) is 0 Å². The van der Waals surface area contributed by atoms with Crippen LogP contribution in [0.15, 0.2) is 53.3 Å². The number of esters is 1. The van der Waals surface area contributed by atoms with Crippen LogP contribution >= 0.6 is 0 Å². The molecule has 2 saturated carbocycles. The number of ketones is 2. The number of nitrogens with zero attached hydrogens (tertiary/aromatic N) is 1. The van der Waals surface area contributed by atoms with Crippen molar-refractivity contribution in [2.24, 2.45) is 29.4 Å². The lowest BCUT2D eigenvalue weighted by molar-refractivity contribution is -0.153. The van der Waals surface area contributed by atoms with Crippen LogP contribution in [-0.4, -0.2) is 81.6 Å². The number of carbonyl (C=O) groups excluding carboxylic acids is 4. The Labute approximate surface area is 272 Å². The molecule has 0 unspecified atom stereocenters. The lowest BCUT2D eigenvalue weighted by Gasteiger charge is -2.50. The van der Waals surface area contributed by atoms with Crippen LogP contribution < -0.4 is 5.73 Å². The lowest BCUT2D eigenvalue weighted by atomic mass is 9.57. The van der Waals surface area contributed by atoms with Gasteiger partial charge in [0.15, 0.2) is 11.4 Å². The maximum atomic E-state index is 14.1. The normalized spacial score (nSPS) is 28.9. The number of phenols is 1. The van der Waals surface area contributed by atoms with Crippen molar-refractivity contribution in [3.8, 4) is 16.9 Å². The predicted octanol–water partition coefficient (Wildman–Crippen LogP) is 3.15. The second-order valence-corrected chi connectivity index (χ2v) is 13.6. The summed E-state index contributed by atoms with van der Waals surface area (Å²) in [5.41, 5.74) is 5.14. The molecule has 2 aromatic carbocycles. The number of hydrogen-bond acceptors (Lipinski definition) is 10. The van der Waals surface area contributed by atoms with Crippen LogP contribution in [0.3, 0.4) is 0 Å². The maximum Gasteiger partial charge on any atom is 0.308 e. The van der Waals surface area contributed by atoms with Gasteiger partial charge in [0.2, 0.25) is 5.78 Å². The third-order valence-electron chi connectivity index (χ3n) is 10.8. The van der Waals surface area contributed by atoms with Gasteiger partial charge in [-0.2, -0.15) is 0 Å². The van der Waals surface area contributed by atoms with Crippen molar-refractivity contribution in [1.29, 1.82) is 0 Å². The zero-order valence-corrected chi connectivity index (χ0v) is 26.7. The number of aliphatic hydroxyl groups is 3. The summed E-state index contributed by atoms with van der Waals surface area (Å²) in [5, 5.41) is 45.3. The number of benzene rings is 2. The highest BCUT2D eigenvalue weighted by atomic mass is 16.5. The summed E-state index contributed by atoms with van der Waals surface area (Å²) in [4.78, 5) is 53.0. The van der Waals surface area contributed by atoms with Crippen molar-refractivity contribution in [2.45, 2.75) is 56.6 Å². The number of amides is 1. The molecule has 0 heterocycles. The Morgan fingerprint density at radius 1 is 1.00 bits per heavy atom. The van der Waals surface area contributed by atoms with Crippen LogP contribution in [0.25, 0.3) is 16.9 Å². The number of ether oxygens (including phenoxy) is 1. The first-order valence-electron chi connectivity index (χ1n) is 16.0. The largest absolute Gasteiger partial charge is 0.508 e. The molecule has 2 aromatic rings. The van der Waals surface area contributed by atoms with Crippen LogP contribution in [0.1, 0.15) is 48.8 Å². The number of hydrogen-bond donors (Lipinski definition) is 5. The van der Waals surface area contributed by atoms with E-state index in [1.165, 1.54) is 18.1 Å². The van der Waals surface area contributed by atoms with Crippen LogP contribution in [0.4, 0.5) is 0 Å². The highest BCUT2D eigenvalue weighted by Gasteiger charge is 2.64.